The lowest BCUT2D eigenvalue weighted by Crippen LogP contribution is -2.10. The lowest BCUT2D eigenvalue weighted by Gasteiger charge is -2.27. The van der Waals surface area contributed by atoms with Crippen LogP contribution in [0.2, 0.25) is 0 Å². The number of hydrogen-bond acceptors (Lipinski definition) is 2. The molecule has 0 aliphatic carbocycles. The van der Waals surface area contributed by atoms with Crippen LogP contribution in [0.4, 0.5) is 17.1 Å². The fourth-order valence-electron chi connectivity index (χ4n) is 9.43. The molecule has 12 rings (SSSR count). The second-order valence-electron chi connectivity index (χ2n) is 16.1. The van der Waals surface area contributed by atoms with E-state index in [0.717, 1.165) is 61.3 Å². The minimum Gasteiger partial charge on any atom is -0.455 e. The summed E-state index contributed by atoms with van der Waals surface area (Å²) in [4.78, 5) is 2.36. The van der Waals surface area contributed by atoms with Crippen molar-refractivity contribution in [2.24, 2.45) is 0 Å². The van der Waals surface area contributed by atoms with Crippen molar-refractivity contribution >= 4 is 60.8 Å². The number of rotatable bonds is 8. The predicted molar refractivity (Wildman–Crippen MR) is 264 cm³/mol. The Hall–Kier alpha value is -8.40. The number of furan rings is 1. The summed E-state index contributed by atoms with van der Waals surface area (Å²) in [6, 6.07) is 87.0. The maximum absolute atomic E-state index is 6.44. The fraction of sp³-hybridized carbons (Fsp3) is 0. The maximum atomic E-state index is 6.44. The molecule has 3 nitrogen and oxygen atoms in total. The van der Waals surface area contributed by atoms with E-state index in [0.29, 0.717) is 0 Å². The molecule has 0 saturated carbocycles. The van der Waals surface area contributed by atoms with Crippen LogP contribution in [0, 0.1) is 0 Å². The zero-order valence-electron chi connectivity index (χ0n) is 34.4. The molecule has 0 bridgehead atoms. The summed E-state index contributed by atoms with van der Waals surface area (Å²) in [7, 11) is 0. The van der Waals surface area contributed by atoms with E-state index in [4.69, 9.17) is 4.42 Å². The van der Waals surface area contributed by atoms with Crippen LogP contribution in [0.25, 0.3) is 93.9 Å². The molecule has 12 aromatic rings. The van der Waals surface area contributed by atoms with Crippen molar-refractivity contribution in [2.75, 3.05) is 4.90 Å². The summed E-state index contributed by atoms with van der Waals surface area (Å²) < 4.78 is 8.85. The maximum Gasteiger partial charge on any atom is 0.143 e. The lowest BCUT2D eigenvalue weighted by atomic mass is 9.98. The van der Waals surface area contributed by atoms with Gasteiger partial charge in [0, 0.05) is 49.7 Å². The van der Waals surface area contributed by atoms with Crippen LogP contribution >= 0.6 is 0 Å². The highest BCUT2D eigenvalue weighted by atomic mass is 16.3. The van der Waals surface area contributed by atoms with E-state index in [1.54, 1.807) is 0 Å². The van der Waals surface area contributed by atoms with Crippen molar-refractivity contribution in [1.82, 2.24) is 4.57 Å². The topological polar surface area (TPSA) is 21.3 Å². The molecule has 0 spiro atoms. The average molecular weight is 805 g/mol. The first kappa shape index (κ1) is 36.5. The number of hydrogen-bond donors (Lipinski definition) is 0. The van der Waals surface area contributed by atoms with E-state index >= 15 is 0 Å². The Kier molecular flexibility index (Phi) is 8.83. The van der Waals surface area contributed by atoms with Gasteiger partial charge in [-0.3, -0.25) is 0 Å². The van der Waals surface area contributed by atoms with Gasteiger partial charge >= 0.3 is 0 Å². The second kappa shape index (κ2) is 15.3. The van der Waals surface area contributed by atoms with Gasteiger partial charge in [-0.15, -0.1) is 0 Å². The highest BCUT2D eigenvalue weighted by molar-refractivity contribution is 6.10. The van der Waals surface area contributed by atoms with Crippen LogP contribution in [-0.2, 0) is 0 Å². The van der Waals surface area contributed by atoms with Gasteiger partial charge in [-0.25, -0.2) is 0 Å². The van der Waals surface area contributed by atoms with E-state index < -0.39 is 0 Å². The highest BCUT2D eigenvalue weighted by Gasteiger charge is 2.18. The van der Waals surface area contributed by atoms with E-state index in [-0.39, 0.29) is 0 Å². The van der Waals surface area contributed by atoms with Gasteiger partial charge in [-0.05, 0) is 94.0 Å². The van der Waals surface area contributed by atoms with Crippen molar-refractivity contribution in [1.29, 1.82) is 0 Å². The van der Waals surface area contributed by atoms with Crippen LogP contribution in [0.1, 0.15) is 0 Å². The molecule has 0 fully saturated rings. The molecule has 0 atom stereocenters. The molecular weight excluding hydrogens is 765 g/mol. The largest absolute Gasteiger partial charge is 0.455 e. The number of aromatic nitrogens is 1. The SMILES string of the molecule is c1ccc(-c2cccc(N(c3ccc(-c4cccc5c4oc4ccccc45)cc3)c3cccc(-c4ccc(-c5ccccc5-n5c6ccccc6c6ccccc65)cc4)c3)c2)cc1. The number of benzene rings is 10. The first-order chi connectivity index (χ1) is 31.2. The average Bonchev–Trinajstić information content (AvgIpc) is 3.91. The minimum atomic E-state index is 0.903. The monoisotopic (exact) mass is 804 g/mol. The standard InChI is InChI=1S/C60H40N2O/c1-2-15-41(16-3-1)45-17-12-19-48(39-45)61(47-37-35-44(36-38-47)51-25-14-26-55-54-24-7-11-30-59(54)63-60(51)55)49-20-13-18-46(40-49)42-31-33-43(34-32-42)50-21-4-8-27-56(50)62-57-28-9-5-22-52(57)53-23-6-10-29-58(53)62/h1-40H. The minimum absolute atomic E-state index is 0.903. The zero-order chi connectivity index (χ0) is 41.7. The van der Waals surface area contributed by atoms with Gasteiger partial charge in [-0.2, -0.15) is 0 Å². The molecule has 0 N–H and O–H groups in total. The van der Waals surface area contributed by atoms with E-state index in [2.05, 4.69) is 240 Å². The van der Waals surface area contributed by atoms with Gasteiger partial charge in [0.05, 0.1) is 16.7 Å². The molecule has 0 unspecified atom stereocenters. The van der Waals surface area contributed by atoms with Crippen molar-refractivity contribution < 1.29 is 4.42 Å². The number of nitrogens with zero attached hydrogens (tertiary/aromatic N) is 2. The molecule has 0 aliphatic rings. The number of anilines is 3. The highest BCUT2D eigenvalue weighted by Crippen LogP contribution is 2.42. The van der Waals surface area contributed by atoms with Crippen LogP contribution < -0.4 is 4.90 Å². The normalized spacial score (nSPS) is 11.5. The van der Waals surface area contributed by atoms with Crippen LogP contribution in [0.15, 0.2) is 247 Å². The first-order valence-corrected chi connectivity index (χ1v) is 21.5. The third kappa shape index (κ3) is 6.38. The molecule has 2 heterocycles. The molecule has 3 heteroatoms. The third-order valence-corrected chi connectivity index (χ3v) is 12.4. The van der Waals surface area contributed by atoms with Gasteiger partial charge in [0.2, 0.25) is 0 Å². The summed E-state index contributed by atoms with van der Waals surface area (Å²) in [6.45, 7) is 0. The van der Waals surface area contributed by atoms with Gasteiger partial charge in [0.1, 0.15) is 11.2 Å². The van der Waals surface area contributed by atoms with Crippen LogP contribution in [0.3, 0.4) is 0 Å². The first-order valence-electron chi connectivity index (χ1n) is 21.5. The number of fused-ring (bicyclic) bond motifs is 6. The fourth-order valence-corrected chi connectivity index (χ4v) is 9.43. The molecule has 63 heavy (non-hydrogen) atoms. The Morgan fingerprint density at radius 1 is 0.302 bits per heavy atom. The molecule has 0 radical (unpaired) electrons. The van der Waals surface area contributed by atoms with Crippen molar-refractivity contribution in [3.63, 3.8) is 0 Å². The smallest absolute Gasteiger partial charge is 0.143 e. The molecule has 10 aromatic carbocycles. The molecule has 2 aromatic heterocycles. The van der Waals surface area contributed by atoms with Crippen molar-refractivity contribution in [3.8, 4) is 50.2 Å². The molecule has 0 saturated heterocycles. The zero-order valence-corrected chi connectivity index (χ0v) is 34.4. The third-order valence-electron chi connectivity index (χ3n) is 12.4. The van der Waals surface area contributed by atoms with E-state index in [9.17, 15) is 0 Å². The summed E-state index contributed by atoms with van der Waals surface area (Å²) in [5.41, 5.74) is 17.8. The van der Waals surface area contributed by atoms with Crippen LogP contribution in [0.5, 0.6) is 0 Å². The summed E-state index contributed by atoms with van der Waals surface area (Å²) in [5, 5.41) is 4.78. The van der Waals surface area contributed by atoms with Gasteiger partial charge in [0.25, 0.3) is 0 Å². The Balaban J connectivity index is 0.928. The second-order valence-corrected chi connectivity index (χ2v) is 16.1. The predicted octanol–water partition coefficient (Wildman–Crippen LogP) is 16.8. The Bertz CT molecular complexity index is 3560. The van der Waals surface area contributed by atoms with Gasteiger partial charge in [-0.1, -0.05) is 182 Å². The van der Waals surface area contributed by atoms with Crippen LogP contribution in [-0.4, -0.2) is 4.57 Å². The Labute approximate surface area is 366 Å². The van der Waals surface area contributed by atoms with Gasteiger partial charge in [0.15, 0.2) is 0 Å². The quantitative estimate of drug-likeness (QED) is 0.153. The summed E-state index contributed by atoms with van der Waals surface area (Å²) in [5.74, 6) is 0. The van der Waals surface area contributed by atoms with E-state index in [1.165, 1.54) is 49.7 Å². The molecule has 296 valence electrons. The Morgan fingerprint density at radius 3 is 1.48 bits per heavy atom. The number of para-hydroxylation sites is 5. The molecular formula is C60H40N2O. The summed E-state index contributed by atoms with van der Waals surface area (Å²) in [6.07, 6.45) is 0. The summed E-state index contributed by atoms with van der Waals surface area (Å²) >= 11 is 0. The van der Waals surface area contributed by atoms with E-state index in [1.807, 2.05) is 12.1 Å². The molecule has 0 aliphatic heterocycles. The van der Waals surface area contributed by atoms with Crippen molar-refractivity contribution in [3.05, 3.63) is 243 Å². The van der Waals surface area contributed by atoms with Crippen molar-refractivity contribution in [2.45, 2.75) is 0 Å². The van der Waals surface area contributed by atoms with Gasteiger partial charge < -0.3 is 13.9 Å². The lowest BCUT2D eigenvalue weighted by molar-refractivity contribution is 0.670. The Morgan fingerprint density at radius 2 is 0.778 bits per heavy atom. The molecule has 0 amide bonds.